The first-order chi connectivity index (χ1) is 5.25. The minimum absolute atomic E-state index is 0.0957. The van der Waals surface area contributed by atoms with E-state index < -0.39 is 5.41 Å². The molecule has 0 aliphatic rings. The van der Waals surface area contributed by atoms with Crippen LogP contribution in [0.3, 0.4) is 0 Å². The van der Waals surface area contributed by atoms with Crippen LogP contribution in [0, 0.1) is 10.8 Å². The van der Waals surface area contributed by atoms with Gasteiger partial charge in [0.1, 0.15) is 0 Å². The highest BCUT2D eigenvalue weighted by molar-refractivity contribution is 7.80. The second kappa shape index (κ2) is 3.69. The normalized spacial score (nSPS) is 17.1. The van der Waals surface area contributed by atoms with E-state index in [4.69, 9.17) is 5.73 Å². The third-order valence-electron chi connectivity index (χ3n) is 2.81. The van der Waals surface area contributed by atoms with Crippen molar-refractivity contribution in [2.24, 2.45) is 16.6 Å². The Kier molecular flexibility index (Phi) is 3.63. The van der Waals surface area contributed by atoms with Crippen LogP contribution in [0.25, 0.3) is 0 Å². The van der Waals surface area contributed by atoms with Crippen molar-refractivity contribution in [1.82, 2.24) is 0 Å². The molecule has 0 aromatic heterocycles. The standard InChI is InChI=1S/C9H19NOS/c1-8(2,3)9(4,5-6-12)7(10)11/h12H,5-6H2,1-4H3,(H2,10,11). The quantitative estimate of drug-likeness (QED) is 0.654. The van der Waals surface area contributed by atoms with E-state index in [2.05, 4.69) is 12.6 Å². The van der Waals surface area contributed by atoms with Crippen molar-refractivity contribution >= 4 is 18.5 Å². The zero-order valence-corrected chi connectivity index (χ0v) is 9.24. The largest absolute Gasteiger partial charge is 0.369 e. The Balaban J connectivity index is 4.75. The molecule has 0 aromatic rings. The van der Waals surface area contributed by atoms with Crippen molar-refractivity contribution < 1.29 is 4.79 Å². The van der Waals surface area contributed by atoms with Gasteiger partial charge in [-0.25, -0.2) is 0 Å². The molecule has 0 aromatic carbocycles. The summed E-state index contributed by atoms with van der Waals surface area (Å²) in [5, 5.41) is 0. The summed E-state index contributed by atoms with van der Waals surface area (Å²) in [6.07, 6.45) is 0.731. The van der Waals surface area contributed by atoms with Crippen LogP contribution in [0.5, 0.6) is 0 Å². The molecule has 0 saturated carbocycles. The number of thiol groups is 1. The number of nitrogens with two attached hydrogens (primary N) is 1. The topological polar surface area (TPSA) is 43.1 Å². The van der Waals surface area contributed by atoms with E-state index in [9.17, 15) is 4.79 Å². The lowest BCUT2D eigenvalue weighted by atomic mass is 9.66. The second-order valence-electron chi connectivity index (χ2n) is 4.42. The molecule has 0 rings (SSSR count). The van der Waals surface area contributed by atoms with Crippen LogP contribution in [0.1, 0.15) is 34.1 Å². The minimum atomic E-state index is -0.450. The number of carbonyl (C=O) groups excluding carboxylic acids is 1. The molecule has 1 amide bonds. The molecule has 0 spiro atoms. The van der Waals surface area contributed by atoms with Crippen LogP contribution in [-0.4, -0.2) is 11.7 Å². The zero-order valence-electron chi connectivity index (χ0n) is 8.35. The summed E-state index contributed by atoms with van der Waals surface area (Å²) in [5.41, 5.74) is 4.82. The first-order valence-corrected chi connectivity index (χ1v) is 4.80. The van der Waals surface area contributed by atoms with Gasteiger partial charge in [-0.05, 0) is 17.6 Å². The van der Waals surface area contributed by atoms with E-state index in [0.29, 0.717) is 5.75 Å². The van der Waals surface area contributed by atoms with Crippen molar-refractivity contribution in [3.63, 3.8) is 0 Å². The van der Waals surface area contributed by atoms with Crippen LogP contribution >= 0.6 is 12.6 Å². The number of carbonyl (C=O) groups is 1. The molecule has 1 atom stereocenters. The van der Waals surface area contributed by atoms with Gasteiger partial charge in [-0.3, -0.25) is 4.79 Å². The fourth-order valence-electron chi connectivity index (χ4n) is 1.09. The maximum absolute atomic E-state index is 11.2. The minimum Gasteiger partial charge on any atom is -0.369 e. The lowest BCUT2D eigenvalue weighted by Gasteiger charge is -2.38. The number of hydrogen-bond acceptors (Lipinski definition) is 2. The summed E-state index contributed by atoms with van der Waals surface area (Å²) in [4.78, 5) is 11.2. The molecule has 2 nitrogen and oxygen atoms in total. The van der Waals surface area contributed by atoms with Crippen LogP contribution in [0.15, 0.2) is 0 Å². The van der Waals surface area contributed by atoms with Gasteiger partial charge in [-0.2, -0.15) is 12.6 Å². The van der Waals surface area contributed by atoms with Gasteiger partial charge in [-0.15, -0.1) is 0 Å². The van der Waals surface area contributed by atoms with Gasteiger partial charge in [0.25, 0.3) is 0 Å². The Morgan fingerprint density at radius 1 is 1.33 bits per heavy atom. The second-order valence-corrected chi connectivity index (χ2v) is 4.87. The van der Waals surface area contributed by atoms with E-state index in [-0.39, 0.29) is 11.3 Å². The number of hydrogen-bond donors (Lipinski definition) is 2. The molecule has 0 bridgehead atoms. The predicted octanol–water partition coefficient (Wildman–Crippen LogP) is 1.84. The molecule has 0 aliphatic heterocycles. The lowest BCUT2D eigenvalue weighted by Crippen LogP contribution is -2.44. The molecular formula is C9H19NOS. The van der Waals surface area contributed by atoms with E-state index in [1.54, 1.807) is 0 Å². The van der Waals surface area contributed by atoms with Crippen LogP contribution in [0.4, 0.5) is 0 Å². The van der Waals surface area contributed by atoms with Crippen LogP contribution in [-0.2, 0) is 4.79 Å². The zero-order chi connectivity index (χ0) is 9.99. The highest BCUT2D eigenvalue weighted by Gasteiger charge is 2.41. The van der Waals surface area contributed by atoms with Gasteiger partial charge in [0, 0.05) is 0 Å². The van der Waals surface area contributed by atoms with E-state index >= 15 is 0 Å². The molecular weight excluding hydrogens is 170 g/mol. The first-order valence-electron chi connectivity index (χ1n) is 4.16. The van der Waals surface area contributed by atoms with Crippen molar-refractivity contribution in [2.45, 2.75) is 34.1 Å². The summed E-state index contributed by atoms with van der Waals surface area (Å²) in [6, 6.07) is 0. The smallest absolute Gasteiger partial charge is 0.223 e. The third-order valence-corrected chi connectivity index (χ3v) is 3.03. The van der Waals surface area contributed by atoms with E-state index in [1.807, 2.05) is 27.7 Å². The first kappa shape index (κ1) is 11.8. The molecule has 1 unspecified atom stereocenters. The Bertz CT molecular complexity index is 174. The summed E-state index contributed by atoms with van der Waals surface area (Å²) < 4.78 is 0. The van der Waals surface area contributed by atoms with E-state index in [1.165, 1.54) is 0 Å². The molecule has 0 fully saturated rings. The Hall–Kier alpha value is -0.180. The predicted molar refractivity (Wildman–Crippen MR) is 55.2 cm³/mol. The molecule has 0 heterocycles. The van der Waals surface area contributed by atoms with Crippen molar-refractivity contribution in [3.05, 3.63) is 0 Å². The highest BCUT2D eigenvalue weighted by Crippen LogP contribution is 2.41. The fraction of sp³-hybridized carbons (Fsp3) is 0.889. The maximum Gasteiger partial charge on any atom is 0.223 e. The van der Waals surface area contributed by atoms with Gasteiger partial charge in [0.05, 0.1) is 5.41 Å². The van der Waals surface area contributed by atoms with Gasteiger partial charge >= 0.3 is 0 Å². The maximum atomic E-state index is 11.2. The molecule has 0 aliphatic carbocycles. The van der Waals surface area contributed by atoms with Gasteiger partial charge in [0.2, 0.25) is 5.91 Å². The van der Waals surface area contributed by atoms with Crippen molar-refractivity contribution in [2.75, 3.05) is 5.75 Å². The molecule has 2 N–H and O–H groups in total. The third kappa shape index (κ3) is 2.16. The Morgan fingerprint density at radius 3 is 1.83 bits per heavy atom. The summed E-state index contributed by atoms with van der Waals surface area (Å²) in [7, 11) is 0. The molecule has 3 heteroatoms. The van der Waals surface area contributed by atoms with Crippen LogP contribution < -0.4 is 5.73 Å². The average Bonchev–Trinajstić information content (AvgIpc) is 1.85. The highest BCUT2D eigenvalue weighted by atomic mass is 32.1. The summed E-state index contributed by atoms with van der Waals surface area (Å²) in [6.45, 7) is 8.00. The Morgan fingerprint density at radius 2 is 1.75 bits per heavy atom. The number of rotatable bonds is 3. The molecule has 0 radical (unpaired) electrons. The summed E-state index contributed by atoms with van der Waals surface area (Å²) >= 11 is 4.13. The van der Waals surface area contributed by atoms with E-state index in [0.717, 1.165) is 6.42 Å². The Labute approximate surface area is 80.3 Å². The van der Waals surface area contributed by atoms with Gasteiger partial charge < -0.3 is 5.73 Å². The van der Waals surface area contributed by atoms with Gasteiger partial charge in [0.15, 0.2) is 0 Å². The number of amides is 1. The summed E-state index contributed by atoms with van der Waals surface area (Å²) in [5.74, 6) is 0.459. The van der Waals surface area contributed by atoms with Crippen molar-refractivity contribution in [3.8, 4) is 0 Å². The average molecular weight is 189 g/mol. The lowest BCUT2D eigenvalue weighted by molar-refractivity contribution is -0.132. The van der Waals surface area contributed by atoms with Crippen molar-refractivity contribution in [1.29, 1.82) is 0 Å². The van der Waals surface area contributed by atoms with Gasteiger partial charge in [-0.1, -0.05) is 27.7 Å². The molecule has 72 valence electrons. The van der Waals surface area contributed by atoms with Crippen LogP contribution in [0.2, 0.25) is 0 Å². The molecule has 0 saturated heterocycles. The monoisotopic (exact) mass is 189 g/mol. The SMILES string of the molecule is CC(C)(C)C(C)(CCS)C(N)=O. The molecule has 12 heavy (non-hydrogen) atoms. The fourth-order valence-corrected chi connectivity index (χ4v) is 1.54. The number of primary amides is 1.